The van der Waals surface area contributed by atoms with Crippen molar-refractivity contribution in [3.8, 4) is 5.75 Å². The fraction of sp³-hybridized carbons (Fsp3) is 0.440. The molecular weight excluding hydrogens is 395 g/mol. The molecule has 0 aliphatic carbocycles. The first kappa shape index (κ1) is 22.8. The van der Waals surface area contributed by atoms with Crippen LogP contribution in [0.1, 0.15) is 50.0 Å². The van der Waals surface area contributed by atoms with Crippen LogP contribution in [0.2, 0.25) is 0 Å². The van der Waals surface area contributed by atoms with Crippen LogP contribution in [-0.2, 0) is 10.2 Å². The molecule has 1 saturated heterocycles. The Hall–Kier alpha value is -2.89. The first-order valence-electron chi connectivity index (χ1n) is 10.8. The van der Waals surface area contributed by atoms with Crippen LogP contribution in [0.3, 0.4) is 0 Å². The molecule has 1 aliphatic heterocycles. The fourth-order valence-electron chi connectivity index (χ4n) is 3.69. The molecule has 2 aromatic carbocycles. The van der Waals surface area contributed by atoms with Crippen LogP contribution in [0.25, 0.3) is 0 Å². The molecule has 0 aromatic heterocycles. The molecule has 1 heterocycles. The molecule has 2 aromatic rings. The molecule has 31 heavy (non-hydrogen) atoms. The number of amides is 2. The van der Waals surface area contributed by atoms with Gasteiger partial charge in [-0.15, -0.1) is 0 Å². The van der Waals surface area contributed by atoms with Gasteiger partial charge in [-0.3, -0.25) is 9.59 Å². The summed E-state index contributed by atoms with van der Waals surface area (Å²) in [5.41, 5.74) is 1.32. The Labute approximate surface area is 183 Å². The van der Waals surface area contributed by atoms with Gasteiger partial charge in [-0.1, -0.05) is 45.0 Å². The summed E-state index contributed by atoms with van der Waals surface area (Å²) in [7, 11) is 0. The van der Waals surface area contributed by atoms with Gasteiger partial charge in [0.2, 0.25) is 0 Å². The second kappa shape index (κ2) is 9.50. The number of halogens is 1. The summed E-state index contributed by atoms with van der Waals surface area (Å²) in [6, 6.07) is 13.8. The van der Waals surface area contributed by atoms with Crippen molar-refractivity contribution in [3.63, 3.8) is 0 Å². The molecule has 1 fully saturated rings. The van der Waals surface area contributed by atoms with Gasteiger partial charge in [0.15, 0.2) is 6.10 Å². The Bertz CT molecular complexity index is 921. The highest BCUT2D eigenvalue weighted by molar-refractivity contribution is 5.94. The number of carbonyl (C=O) groups is 2. The van der Waals surface area contributed by atoms with Crippen LogP contribution in [-0.4, -0.2) is 53.9 Å². The van der Waals surface area contributed by atoms with Gasteiger partial charge in [0, 0.05) is 26.2 Å². The normalized spacial score (nSPS) is 15.9. The van der Waals surface area contributed by atoms with E-state index < -0.39 is 11.9 Å². The number of carbonyl (C=O) groups excluding carboxylic acids is 2. The molecule has 2 amide bonds. The second-order valence-corrected chi connectivity index (χ2v) is 8.99. The number of benzene rings is 2. The molecule has 1 aliphatic rings. The first-order chi connectivity index (χ1) is 14.7. The third-order valence-corrected chi connectivity index (χ3v) is 5.58. The van der Waals surface area contributed by atoms with Gasteiger partial charge >= 0.3 is 0 Å². The zero-order valence-electron chi connectivity index (χ0n) is 18.7. The summed E-state index contributed by atoms with van der Waals surface area (Å²) in [4.78, 5) is 28.9. The number of nitrogens with zero attached hydrogens (tertiary/aromatic N) is 2. The monoisotopic (exact) mass is 426 g/mol. The van der Waals surface area contributed by atoms with Gasteiger partial charge in [-0.05, 0) is 48.6 Å². The molecule has 0 radical (unpaired) electrons. The molecule has 1 unspecified atom stereocenters. The van der Waals surface area contributed by atoms with Crippen LogP contribution in [0.5, 0.6) is 5.75 Å². The lowest BCUT2D eigenvalue weighted by Gasteiger charge is -2.25. The maximum Gasteiger partial charge on any atom is 0.263 e. The fourth-order valence-corrected chi connectivity index (χ4v) is 3.69. The van der Waals surface area contributed by atoms with Crippen LogP contribution < -0.4 is 4.74 Å². The lowest BCUT2D eigenvalue weighted by Crippen LogP contribution is -2.43. The van der Waals surface area contributed by atoms with Crippen molar-refractivity contribution in [1.29, 1.82) is 0 Å². The highest BCUT2D eigenvalue weighted by Crippen LogP contribution is 2.25. The highest BCUT2D eigenvalue weighted by Gasteiger charge is 2.27. The third-order valence-electron chi connectivity index (χ3n) is 5.58. The molecule has 0 saturated carbocycles. The Morgan fingerprint density at radius 2 is 1.55 bits per heavy atom. The molecule has 0 bridgehead atoms. The van der Waals surface area contributed by atoms with Crippen molar-refractivity contribution >= 4 is 11.8 Å². The van der Waals surface area contributed by atoms with E-state index >= 15 is 0 Å². The molecule has 0 spiro atoms. The van der Waals surface area contributed by atoms with Crippen LogP contribution in [0.4, 0.5) is 4.39 Å². The minimum atomic E-state index is -0.630. The maximum absolute atomic E-state index is 14.0. The van der Waals surface area contributed by atoms with E-state index in [1.54, 1.807) is 28.9 Å². The van der Waals surface area contributed by atoms with Gasteiger partial charge in [0.05, 0.1) is 5.56 Å². The molecule has 5 nitrogen and oxygen atoms in total. The summed E-state index contributed by atoms with van der Waals surface area (Å²) in [5, 5.41) is 0. The summed E-state index contributed by atoms with van der Waals surface area (Å²) in [5.74, 6) is -0.320. The smallest absolute Gasteiger partial charge is 0.263 e. The lowest BCUT2D eigenvalue weighted by atomic mass is 9.87. The predicted octanol–water partition coefficient (Wildman–Crippen LogP) is 4.27. The average molecular weight is 427 g/mol. The zero-order chi connectivity index (χ0) is 22.6. The molecular formula is C25H31FN2O3. The minimum Gasteiger partial charge on any atom is -0.481 e. The second-order valence-electron chi connectivity index (χ2n) is 8.99. The highest BCUT2D eigenvalue weighted by atomic mass is 19.1. The Morgan fingerprint density at radius 1 is 0.935 bits per heavy atom. The molecule has 166 valence electrons. The van der Waals surface area contributed by atoms with Gasteiger partial charge in [-0.2, -0.15) is 0 Å². The first-order valence-corrected chi connectivity index (χ1v) is 10.8. The van der Waals surface area contributed by atoms with Crippen molar-refractivity contribution in [3.05, 3.63) is 65.5 Å². The SMILES string of the molecule is CC(Oc1ccc(C(C)(C)C)cc1)C(=O)N1CCCN(C(=O)c2ccccc2F)CC1. The zero-order valence-corrected chi connectivity index (χ0v) is 18.7. The van der Waals surface area contributed by atoms with Gasteiger partial charge < -0.3 is 14.5 Å². The molecule has 0 N–H and O–H groups in total. The number of ether oxygens (including phenoxy) is 1. The largest absolute Gasteiger partial charge is 0.481 e. The van der Waals surface area contributed by atoms with Gasteiger partial charge in [0.25, 0.3) is 11.8 Å². The molecule has 6 heteroatoms. The van der Waals surface area contributed by atoms with Crippen molar-refractivity contribution in [2.45, 2.75) is 45.6 Å². The van der Waals surface area contributed by atoms with Gasteiger partial charge in [-0.25, -0.2) is 4.39 Å². The summed E-state index contributed by atoms with van der Waals surface area (Å²) in [6.45, 7) is 9.98. The van der Waals surface area contributed by atoms with Gasteiger partial charge in [0.1, 0.15) is 11.6 Å². The van der Waals surface area contributed by atoms with E-state index in [2.05, 4.69) is 20.8 Å². The maximum atomic E-state index is 14.0. The summed E-state index contributed by atoms with van der Waals surface area (Å²) >= 11 is 0. The van der Waals surface area contributed by atoms with E-state index in [9.17, 15) is 14.0 Å². The molecule has 3 rings (SSSR count). The van der Waals surface area contributed by atoms with E-state index in [4.69, 9.17) is 4.74 Å². The van der Waals surface area contributed by atoms with Crippen molar-refractivity contribution in [1.82, 2.24) is 9.80 Å². The Balaban J connectivity index is 1.58. The van der Waals surface area contributed by atoms with E-state index in [1.807, 2.05) is 24.3 Å². The Morgan fingerprint density at radius 3 is 2.19 bits per heavy atom. The standard InChI is InChI=1S/C25H31FN2O3/c1-18(31-20-12-10-19(11-13-20)25(2,3)4)23(29)27-14-7-15-28(17-16-27)24(30)21-8-5-6-9-22(21)26/h5-6,8-13,18H,7,14-17H2,1-4H3. The molecule has 1 atom stereocenters. The minimum absolute atomic E-state index is 0.0536. The van der Waals surface area contributed by atoms with Crippen LogP contribution >= 0.6 is 0 Å². The van der Waals surface area contributed by atoms with E-state index in [-0.39, 0.29) is 22.8 Å². The summed E-state index contributed by atoms with van der Waals surface area (Å²) < 4.78 is 19.9. The predicted molar refractivity (Wildman–Crippen MR) is 119 cm³/mol. The van der Waals surface area contributed by atoms with E-state index in [0.717, 1.165) is 0 Å². The van der Waals surface area contributed by atoms with E-state index in [0.29, 0.717) is 38.3 Å². The number of hydrogen-bond donors (Lipinski definition) is 0. The number of hydrogen-bond acceptors (Lipinski definition) is 3. The third kappa shape index (κ3) is 5.63. The van der Waals surface area contributed by atoms with Crippen molar-refractivity contribution in [2.24, 2.45) is 0 Å². The summed E-state index contributed by atoms with van der Waals surface area (Å²) in [6.07, 6.45) is 0.00756. The van der Waals surface area contributed by atoms with Crippen molar-refractivity contribution in [2.75, 3.05) is 26.2 Å². The number of rotatable bonds is 4. The lowest BCUT2D eigenvalue weighted by molar-refractivity contribution is -0.137. The Kier molecular flexibility index (Phi) is 6.98. The van der Waals surface area contributed by atoms with Crippen LogP contribution in [0.15, 0.2) is 48.5 Å². The van der Waals surface area contributed by atoms with E-state index in [1.165, 1.54) is 17.7 Å². The van der Waals surface area contributed by atoms with Crippen LogP contribution in [0, 0.1) is 5.82 Å². The quantitative estimate of drug-likeness (QED) is 0.734. The topological polar surface area (TPSA) is 49.9 Å². The average Bonchev–Trinajstić information content (AvgIpc) is 2.99. The van der Waals surface area contributed by atoms with Crippen molar-refractivity contribution < 1.29 is 18.7 Å².